The molecule has 4 nitrogen and oxygen atoms in total. The predicted octanol–water partition coefficient (Wildman–Crippen LogP) is 2.35. The molecular weight excluding hydrogens is 220 g/mol. The van der Waals surface area contributed by atoms with Crippen LogP contribution in [0.2, 0.25) is 0 Å². The number of hydrogen-bond donors (Lipinski definition) is 3. The van der Waals surface area contributed by atoms with E-state index in [0.29, 0.717) is 0 Å². The topological polar surface area (TPSA) is 77.8 Å². The lowest BCUT2D eigenvalue weighted by atomic mass is 10.1. The van der Waals surface area contributed by atoms with Crippen molar-refractivity contribution < 1.29 is 20.1 Å². The van der Waals surface area contributed by atoms with Crippen LogP contribution < -0.4 is 0 Å². The summed E-state index contributed by atoms with van der Waals surface area (Å²) >= 11 is 0. The summed E-state index contributed by atoms with van der Waals surface area (Å²) < 4.78 is 0. The van der Waals surface area contributed by atoms with Crippen LogP contribution in [0.3, 0.4) is 0 Å². The molecule has 0 spiro atoms. The van der Waals surface area contributed by atoms with Crippen LogP contribution in [0.1, 0.15) is 51.9 Å². The molecule has 17 heavy (non-hydrogen) atoms. The summed E-state index contributed by atoms with van der Waals surface area (Å²) in [5, 5.41) is 25.1. The minimum atomic E-state index is -0.981. The van der Waals surface area contributed by atoms with E-state index in [2.05, 4.69) is 13.5 Å². The maximum absolute atomic E-state index is 9.25. The molecule has 1 atom stereocenters. The van der Waals surface area contributed by atoms with Gasteiger partial charge in [0.25, 0.3) is 0 Å². The Morgan fingerprint density at radius 3 is 2.12 bits per heavy atom. The van der Waals surface area contributed by atoms with Gasteiger partial charge in [-0.25, -0.2) is 4.79 Å². The van der Waals surface area contributed by atoms with E-state index in [9.17, 15) is 4.79 Å². The zero-order valence-electron chi connectivity index (χ0n) is 10.8. The molecule has 3 N–H and O–H groups in total. The molecule has 0 aromatic heterocycles. The summed E-state index contributed by atoms with van der Waals surface area (Å²) in [6.45, 7) is 5.08. The quantitative estimate of drug-likeness (QED) is 0.431. The Morgan fingerprint density at radius 1 is 1.24 bits per heavy atom. The fraction of sp³-hybridized carbons (Fsp3) is 0.769. The lowest BCUT2D eigenvalue weighted by molar-refractivity contribution is -0.131. The highest BCUT2D eigenvalue weighted by atomic mass is 16.4. The molecule has 0 aliphatic carbocycles. The Bertz CT molecular complexity index is 180. The molecule has 0 bridgehead atoms. The zero-order valence-corrected chi connectivity index (χ0v) is 10.8. The van der Waals surface area contributed by atoms with Crippen molar-refractivity contribution in [1.82, 2.24) is 0 Å². The van der Waals surface area contributed by atoms with Crippen LogP contribution in [-0.2, 0) is 4.79 Å². The monoisotopic (exact) mass is 246 g/mol. The van der Waals surface area contributed by atoms with Crippen molar-refractivity contribution in [3.63, 3.8) is 0 Å². The molecule has 0 aromatic rings. The van der Waals surface area contributed by atoms with Crippen LogP contribution in [0.4, 0.5) is 0 Å². The molecule has 0 saturated heterocycles. The molecule has 0 aliphatic rings. The summed E-state index contributed by atoms with van der Waals surface area (Å²) in [5.41, 5.74) is 0. The van der Waals surface area contributed by atoms with Crippen LogP contribution in [0.15, 0.2) is 12.7 Å². The molecular formula is C13H26O4. The fourth-order valence-corrected chi connectivity index (χ4v) is 1.25. The molecule has 0 heterocycles. The molecule has 1 unspecified atom stereocenters. The van der Waals surface area contributed by atoms with E-state index in [0.717, 1.165) is 18.9 Å². The normalized spacial score (nSPS) is 11.2. The van der Waals surface area contributed by atoms with Crippen LogP contribution in [0.5, 0.6) is 0 Å². The minimum Gasteiger partial charge on any atom is -0.478 e. The summed E-state index contributed by atoms with van der Waals surface area (Å²) in [6, 6.07) is 0. The molecule has 0 radical (unpaired) electrons. The van der Waals surface area contributed by atoms with Gasteiger partial charge in [-0.1, -0.05) is 52.0 Å². The number of carboxylic acids is 1. The van der Waals surface area contributed by atoms with Gasteiger partial charge in [0.05, 0.1) is 12.7 Å². The van der Waals surface area contributed by atoms with Crippen molar-refractivity contribution in [2.45, 2.75) is 58.0 Å². The second-order valence-corrected chi connectivity index (χ2v) is 3.94. The van der Waals surface area contributed by atoms with Gasteiger partial charge in [-0.2, -0.15) is 0 Å². The third-order valence-electron chi connectivity index (χ3n) is 2.28. The van der Waals surface area contributed by atoms with Crippen molar-refractivity contribution in [3.8, 4) is 0 Å². The molecule has 4 heteroatoms. The van der Waals surface area contributed by atoms with E-state index < -0.39 is 12.1 Å². The van der Waals surface area contributed by atoms with Gasteiger partial charge in [0.2, 0.25) is 0 Å². The Kier molecular flexibility index (Phi) is 16.5. The predicted molar refractivity (Wildman–Crippen MR) is 68.9 cm³/mol. The van der Waals surface area contributed by atoms with Gasteiger partial charge in [-0.05, 0) is 6.42 Å². The van der Waals surface area contributed by atoms with Crippen LogP contribution in [-0.4, -0.2) is 34.0 Å². The van der Waals surface area contributed by atoms with Crippen LogP contribution >= 0.6 is 0 Å². The van der Waals surface area contributed by atoms with E-state index in [1.807, 2.05) is 0 Å². The number of aliphatic carboxylic acids is 1. The first-order chi connectivity index (χ1) is 8.08. The van der Waals surface area contributed by atoms with Crippen molar-refractivity contribution in [3.05, 3.63) is 12.7 Å². The van der Waals surface area contributed by atoms with Gasteiger partial charge < -0.3 is 15.3 Å². The van der Waals surface area contributed by atoms with Gasteiger partial charge in [-0.3, -0.25) is 0 Å². The van der Waals surface area contributed by atoms with E-state index in [-0.39, 0.29) is 6.61 Å². The minimum absolute atomic E-state index is 0.0883. The average molecular weight is 246 g/mol. The van der Waals surface area contributed by atoms with E-state index in [4.69, 9.17) is 15.3 Å². The third kappa shape index (κ3) is 21.1. The van der Waals surface area contributed by atoms with Gasteiger partial charge in [0, 0.05) is 6.08 Å². The SMILES string of the molecule is C=CC(=O)O.CCCCCCCCC(O)CO. The third-order valence-corrected chi connectivity index (χ3v) is 2.28. The van der Waals surface area contributed by atoms with Crippen molar-refractivity contribution >= 4 is 5.97 Å². The fourth-order valence-electron chi connectivity index (χ4n) is 1.25. The highest BCUT2D eigenvalue weighted by Crippen LogP contribution is 2.08. The standard InChI is InChI=1S/C10H22O2.C3H4O2/c1-2-3-4-5-6-7-8-10(12)9-11;1-2-3(4)5/h10-12H,2-9H2,1H3;2H,1H2,(H,4,5). The smallest absolute Gasteiger partial charge is 0.327 e. The van der Waals surface area contributed by atoms with Gasteiger partial charge in [0.15, 0.2) is 0 Å². The van der Waals surface area contributed by atoms with Gasteiger partial charge in [0.1, 0.15) is 0 Å². The first-order valence-electron chi connectivity index (χ1n) is 6.22. The number of rotatable bonds is 9. The highest BCUT2D eigenvalue weighted by molar-refractivity contribution is 5.78. The van der Waals surface area contributed by atoms with E-state index in [1.54, 1.807) is 0 Å². The van der Waals surface area contributed by atoms with Gasteiger partial charge in [-0.15, -0.1) is 0 Å². The maximum atomic E-state index is 9.25. The first-order valence-corrected chi connectivity index (χ1v) is 6.22. The number of carboxylic acid groups (broad SMARTS) is 1. The van der Waals surface area contributed by atoms with E-state index in [1.165, 1.54) is 32.1 Å². The second kappa shape index (κ2) is 15.1. The van der Waals surface area contributed by atoms with E-state index >= 15 is 0 Å². The molecule has 0 amide bonds. The maximum Gasteiger partial charge on any atom is 0.327 e. The van der Waals surface area contributed by atoms with Crippen molar-refractivity contribution in [2.75, 3.05) is 6.61 Å². The van der Waals surface area contributed by atoms with Gasteiger partial charge >= 0.3 is 5.97 Å². The zero-order chi connectivity index (χ0) is 13.5. The summed E-state index contributed by atoms with van der Waals surface area (Å²) in [7, 11) is 0. The Hall–Kier alpha value is -0.870. The van der Waals surface area contributed by atoms with Crippen molar-refractivity contribution in [1.29, 1.82) is 0 Å². The molecule has 0 aromatic carbocycles. The Labute approximate surface area is 104 Å². The first kappa shape index (κ1) is 18.5. The number of carbonyl (C=O) groups is 1. The lowest BCUT2D eigenvalue weighted by Crippen LogP contribution is -2.10. The number of unbranched alkanes of at least 4 members (excludes halogenated alkanes) is 5. The summed E-state index contributed by atoms with van der Waals surface area (Å²) in [6.07, 6.45) is 8.51. The summed E-state index contributed by atoms with van der Waals surface area (Å²) in [5.74, 6) is -0.981. The number of aliphatic hydroxyl groups excluding tert-OH is 2. The Balaban J connectivity index is 0. The molecule has 0 saturated carbocycles. The molecule has 102 valence electrons. The largest absolute Gasteiger partial charge is 0.478 e. The Morgan fingerprint density at radius 2 is 1.71 bits per heavy atom. The average Bonchev–Trinajstić information content (AvgIpc) is 2.33. The van der Waals surface area contributed by atoms with Crippen LogP contribution in [0, 0.1) is 0 Å². The molecule has 0 aliphatic heterocycles. The highest BCUT2D eigenvalue weighted by Gasteiger charge is 1.99. The lowest BCUT2D eigenvalue weighted by Gasteiger charge is -2.05. The summed E-state index contributed by atoms with van der Waals surface area (Å²) in [4.78, 5) is 9.25. The number of aliphatic hydroxyl groups is 2. The number of hydrogen-bond acceptors (Lipinski definition) is 3. The molecule has 0 rings (SSSR count). The second-order valence-electron chi connectivity index (χ2n) is 3.94. The molecule has 0 fully saturated rings. The van der Waals surface area contributed by atoms with Crippen molar-refractivity contribution in [2.24, 2.45) is 0 Å². The van der Waals surface area contributed by atoms with Crippen LogP contribution in [0.25, 0.3) is 0 Å².